The van der Waals surface area contributed by atoms with Crippen LogP contribution in [0.3, 0.4) is 0 Å². The van der Waals surface area contributed by atoms with Gasteiger partial charge in [0.25, 0.3) is 0 Å². The molecule has 16 heavy (non-hydrogen) atoms. The van der Waals surface area contributed by atoms with Gasteiger partial charge in [0.15, 0.2) is 5.78 Å². The molecule has 88 valence electrons. The highest BCUT2D eigenvalue weighted by atomic mass is 19.4. The number of anilines is 1. The summed E-state index contributed by atoms with van der Waals surface area (Å²) in [5, 5.41) is 0. The maximum atomic E-state index is 12.0. The molecule has 0 fully saturated rings. The van der Waals surface area contributed by atoms with Crippen molar-refractivity contribution in [1.29, 1.82) is 0 Å². The van der Waals surface area contributed by atoms with Crippen LogP contribution in [0.2, 0.25) is 0 Å². The van der Waals surface area contributed by atoms with E-state index in [0.29, 0.717) is 0 Å². The lowest BCUT2D eigenvalue weighted by atomic mass is 10.1. The predicted molar refractivity (Wildman–Crippen MR) is 55.8 cm³/mol. The second-order valence-electron chi connectivity index (χ2n) is 3.66. The third-order valence-corrected chi connectivity index (χ3v) is 2.07. The van der Waals surface area contributed by atoms with Gasteiger partial charge in [-0.05, 0) is 24.3 Å². The molecule has 0 spiro atoms. The number of halogens is 3. The number of hydrogen-bond acceptors (Lipinski definition) is 2. The summed E-state index contributed by atoms with van der Waals surface area (Å²) >= 11 is 0. The van der Waals surface area contributed by atoms with Crippen molar-refractivity contribution in [2.75, 3.05) is 19.0 Å². The minimum atomic E-state index is -4.45. The van der Waals surface area contributed by atoms with Crippen LogP contribution in [0.25, 0.3) is 0 Å². The van der Waals surface area contributed by atoms with Crippen molar-refractivity contribution in [3.05, 3.63) is 29.8 Å². The topological polar surface area (TPSA) is 20.3 Å². The van der Waals surface area contributed by atoms with E-state index in [9.17, 15) is 18.0 Å². The molecule has 0 unspecified atom stereocenters. The van der Waals surface area contributed by atoms with Crippen molar-refractivity contribution in [3.63, 3.8) is 0 Å². The molecule has 5 heteroatoms. The molecule has 0 aliphatic carbocycles. The lowest BCUT2D eigenvalue weighted by molar-refractivity contribution is -0.125. The van der Waals surface area contributed by atoms with Gasteiger partial charge in [0.05, 0.1) is 0 Å². The number of nitrogens with zero attached hydrogens (tertiary/aromatic N) is 1. The maximum absolute atomic E-state index is 12.0. The first kappa shape index (κ1) is 12.5. The first-order valence-electron chi connectivity index (χ1n) is 4.67. The van der Waals surface area contributed by atoms with Gasteiger partial charge in [0, 0.05) is 25.3 Å². The molecular formula is C11H12F3NO. The number of carbonyl (C=O) groups excluding carboxylic acids is 1. The van der Waals surface area contributed by atoms with Gasteiger partial charge in [-0.3, -0.25) is 4.79 Å². The van der Waals surface area contributed by atoms with Crippen LogP contribution in [0.1, 0.15) is 16.8 Å². The summed E-state index contributed by atoms with van der Waals surface area (Å²) in [7, 11) is 3.62. The average Bonchev–Trinajstić information content (AvgIpc) is 2.15. The first-order valence-corrected chi connectivity index (χ1v) is 4.67. The molecule has 0 saturated heterocycles. The molecule has 0 amide bonds. The minimum Gasteiger partial charge on any atom is -0.378 e. The fourth-order valence-corrected chi connectivity index (χ4v) is 1.23. The standard InChI is InChI=1S/C11H12F3NO/c1-15(2)9-5-3-8(4-6-9)10(16)7-11(12,13)14/h3-6H,7H2,1-2H3. The molecule has 1 rings (SSSR count). The Kier molecular flexibility index (Phi) is 3.57. The Morgan fingerprint density at radius 3 is 2.06 bits per heavy atom. The van der Waals surface area contributed by atoms with Gasteiger partial charge < -0.3 is 4.90 Å². The van der Waals surface area contributed by atoms with E-state index in [1.807, 2.05) is 14.1 Å². The monoisotopic (exact) mass is 231 g/mol. The summed E-state index contributed by atoms with van der Waals surface area (Å²) in [6, 6.07) is 6.04. The number of benzene rings is 1. The Morgan fingerprint density at radius 2 is 1.69 bits per heavy atom. The van der Waals surface area contributed by atoms with E-state index in [4.69, 9.17) is 0 Å². The van der Waals surface area contributed by atoms with Crippen LogP contribution in [-0.2, 0) is 0 Å². The molecule has 0 radical (unpaired) electrons. The number of ketones is 1. The van der Waals surface area contributed by atoms with Crippen LogP contribution in [-0.4, -0.2) is 26.1 Å². The van der Waals surface area contributed by atoms with E-state index < -0.39 is 18.4 Å². The zero-order chi connectivity index (χ0) is 12.3. The lowest BCUT2D eigenvalue weighted by Crippen LogP contribution is -2.15. The fraction of sp³-hybridized carbons (Fsp3) is 0.364. The van der Waals surface area contributed by atoms with Crippen LogP contribution < -0.4 is 4.90 Å². The number of hydrogen-bond donors (Lipinski definition) is 0. The Balaban J connectivity index is 2.78. The summed E-state index contributed by atoms with van der Waals surface area (Å²) in [6.45, 7) is 0. The van der Waals surface area contributed by atoms with E-state index in [2.05, 4.69) is 0 Å². The van der Waals surface area contributed by atoms with Crippen LogP contribution in [0.15, 0.2) is 24.3 Å². The highest BCUT2D eigenvalue weighted by molar-refractivity contribution is 5.96. The first-order chi connectivity index (χ1) is 7.29. The lowest BCUT2D eigenvalue weighted by Gasteiger charge is -2.12. The number of alkyl halides is 3. The van der Waals surface area contributed by atoms with Gasteiger partial charge in [-0.2, -0.15) is 13.2 Å². The molecule has 1 aromatic carbocycles. The highest BCUT2D eigenvalue weighted by Crippen LogP contribution is 2.23. The normalized spacial score (nSPS) is 11.3. The Hall–Kier alpha value is -1.52. The molecule has 0 aliphatic rings. The third-order valence-electron chi connectivity index (χ3n) is 2.07. The molecule has 0 aromatic heterocycles. The van der Waals surface area contributed by atoms with Crippen molar-refractivity contribution in [3.8, 4) is 0 Å². The van der Waals surface area contributed by atoms with E-state index in [1.54, 1.807) is 17.0 Å². The predicted octanol–water partition coefficient (Wildman–Crippen LogP) is 2.89. The van der Waals surface area contributed by atoms with Crippen molar-refractivity contribution in [1.82, 2.24) is 0 Å². The third kappa shape index (κ3) is 3.56. The summed E-state index contributed by atoms with van der Waals surface area (Å²) in [5.74, 6) is -0.905. The van der Waals surface area contributed by atoms with Crippen molar-refractivity contribution < 1.29 is 18.0 Å². The quantitative estimate of drug-likeness (QED) is 0.745. The Labute approximate surface area is 91.7 Å². The van der Waals surface area contributed by atoms with E-state index in [1.165, 1.54) is 12.1 Å². The summed E-state index contributed by atoms with van der Waals surface area (Å²) in [6.07, 6.45) is -5.86. The molecule has 1 aromatic rings. The molecule has 2 nitrogen and oxygen atoms in total. The van der Waals surface area contributed by atoms with E-state index in [-0.39, 0.29) is 5.56 Å². The average molecular weight is 231 g/mol. The number of Topliss-reactive ketones (excluding diaryl/α,β-unsaturated/α-hetero) is 1. The van der Waals surface area contributed by atoms with Gasteiger partial charge >= 0.3 is 6.18 Å². The zero-order valence-corrected chi connectivity index (χ0v) is 9.01. The fourth-order valence-electron chi connectivity index (χ4n) is 1.23. The summed E-state index contributed by atoms with van der Waals surface area (Å²) < 4.78 is 35.9. The van der Waals surface area contributed by atoms with E-state index >= 15 is 0 Å². The van der Waals surface area contributed by atoms with Crippen molar-refractivity contribution in [2.24, 2.45) is 0 Å². The van der Waals surface area contributed by atoms with Gasteiger partial charge in [-0.15, -0.1) is 0 Å². The van der Waals surface area contributed by atoms with Gasteiger partial charge in [0.2, 0.25) is 0 Å². The van der Waals surface area contributed by atoms with Gasteiger partial charge in [-0.25, -0.2) is 0 Å². The Bertz CT molecular complexity index is 368. The second-order valence-corrected chi connectivity index (χ2v) is 3.66. The highest BCUT2D eigenvalue weighted by Gasteiger charge is 2.31. The second kappa shape index (κ2) is 4.55. The van der Waals surface area contributed by atoms with Gasteiger partial charge in [-0.1, -0.05) is 0 Å². The molecule has 0 heterocycles. The molecule has 0 aliphatic heterocycles. The summed E-state index contributed by atoms with van der Waals surface area (Å²) in [4.78, 5) is 13.0. The Morgan fingerprint density at radius 1 is 1.19 bits per heavy atom. The maximum Gasteiger partial charge on any atom is 0.396 e. The van der Waals surface area contributed by atoms with Crippen molar-refractivity contribution >= 4 is 11.5 Å². The van der Waals surface area contributed by atoms with Crippen LogP contribution in [0.5, 0.6) is 0 Å². The summed E-state index contributed by atoms with van der Waals surface area (Å²) in [5.41, 5.74) is 0.923. The van der Waals surface area contributed by atoms with Gasteiger partial charge in [0.1, 0.15) is 6.42 Å². The van der Waals surface area contributed by atoms with Crippen LogP contribution >= 0.6 is 0 Å². The van der Waals surface area contributed by atoms with Crippen molar-refractivity contribution in [2.45, 2.75) is 12.6 Å². The number of rotatable bonds is 3. The minimum absolute atomic E-state index is 0.0860. The zero-order valence-electron chi connectivity index (χ0n) is 9.01. The molecule has 0 bridgehead atoms. The largest absolute Gasteiger partial charge is 0.396 e. The van der Waals surface area contributed by atoms with Crippen LogP contribution in [0.4, 0.5) is 18.9 Å². The molecular weight excluding hydrogens is 219 g/mol. The van der Waals surface area contributed by atoms with E-state index in [0.717, 1.165) is 5.69 Å². The van der Waals surface area contributed by atoms with Crippen LogP contribution in [0, 0.1) is 0 Å². The molecule has 0 atom stereocenters. The molecule has 0 N–H and O–H groups in total. The SMILES string of the molecule is CN(C)c1ccc(C(=O)CC(F)(F)F)cc1. The number of carbonyl (C=O) groups is 1. The smallest absolute Gasteiger partial charge is 0.378 e. The molecule has 0 saturated carbocycles.